The van der Waals surface area contributed by atoms with Crippen LogP contribution < -0.4 is 10.5 Å². The molecule has 1 atom stereocenters. The number of hydrogen-bond donors (Lipinski definition) is 1. The molecule has 0 saturated heterocycles. The van der Waals surface area contributed by atoms with Crippen molar-refractivity contribution in [2.45, 2.75) is 25.5 Å². The normalized spacial score (nSPS) is 17.1. The zero-order valence-electron chi connectivity index (χ0n) is 10.9. The van der Waals surface area contributed by atoms with Gasteiger partial charge in [0.1, 0.15) is 18.2 Å². The van der Waals surface area contributed by atoms with Crippen molar-refractivity contribution in [1.82, 2.24) is 0 Å². The van der Waals surface area contributed by atoms with Crippen molar-refractivity contribution in [3.63, 3.8) is 0 Å². The lowest BCUT2D eigenvalue weighted by Crippen LogP contribution is -2.05. The number of rotatable bonds is 3. The Balaban J connectivity index is 1.77. The molecule has 2 nitrogen and oxygen atoms in total. The van der Waals surface area contributed by atoms with Crippen LogP contribution in [0.5, 0.6) is 5.75 Å². The largest absolute Gasteiger partial charge is 0.489 e. The molecule has 0 radical (unpaired) electrons. The molecule has 1 aliphatic rings. The molecular formula is C16H15ClFNO. The Morgan fingerprint density at radius 1 is 1.30 bits per heavy atom. The number of benzene rings is 2. The van der Waals surface area contributed by atoms with E-state index in [0.29, 0.717) is 6.61 Å². The van der Waals surface area contributed by atoms with Crippen molar-refractivity contribution in [3.8, 4) is 5.75 Å². The molecule has 0 amide bonds. The molecule has 3 rings (SSSR count). The van der Waals surface area contributed by atoms with Gasteiger partial charge in [0.25, 0.3) is 0 Å². The summed E-state index contributed by atoms with van der Waals surface area (Å²) in [5.41, 5.74) is 9.13. The van der Waals surface area contributed by atoms with E-state index >= 15 is 0 Å². The minimum absolute atomic E-state index is 0.0986. The maximum Gasteiger partial charge on any atom is 0.142 e. The fourth-order valence-electron chi connectivity index (χ4n) is 2.58. The van der Waals surface area contributed by atoms with Crippen LogP contribution in [0.1, 0.15) is 29.2 Å². The zero-order chi connectivity index (χ0) is 14.1. The van der Waals surface area contributed by atoms with E-state index in [1.807, 2.05) is 18.2 Å². The maximum atomic E-state index is 13.4. The second-order valence-corrected chi connectivity index (χ2v) is 5.41. The summed E-state index contributed by atoms with van der Waals surface area (Å²) in [5, 5.41) is 0.125. The van der Waals surface area contributed by atoms with Gasteiger partial charge in [0.05, 0.1) is 5.02 Å². The van der Waals surface area contributed by atoms with Gasteiger partial charge in [0.2, 0.25) is 0 Å². The van der Waals surface area contributed by atoms with E-state index < -0.39 is 5.82 Å². The first-order chi connectivity index (χ1) is 9.65. The highest BCUT2D eigenvalue weighted by Gasteiger charge is 2.22. The number of hydrogen-bond acceptors (Lipinski definition) is 2. The van der Waals surface area contributed by atoms with E-state index in [1.54, 1.807) is 12.1 Å². The molecule has 0 aromatic heterocycles. The highest BCUT2D eigenvalue weighted by Crippen LogP contribution is 2.35. The van der Waals surface area contributed by atoms with E-state index in [9.17, 15) is 4.39 Å². The average molecular weight is 292 g/mol. The zero-order valence-corrected chi connectivity index (χ0v) is 11.7. The maximum absolute atomic E-state index is 13.4. The third kappa shape index (κ3) is 2.51. The predicted octanol–water partition coefficient (Wildman–Crippen LogP) is 4.00. The van der Waals surface area contributed by atoms with E-state index in [4.69, 9.17) is 22.1 Å². The summed E-state index contributed by atoms with van der Waals surface area (Å²) in [7, 11) is 0. The molecule has 1 unspecified atom stereocenters. The molecule has 1 aliphatic carbocycles. The molecule has 4 heteroatoms. The van der Waals surface area contributed by atoms with E-state index in [1.165, 1.54) is 11.6 Å². The van der Waals surface area contributed by atoms with Gasteiger partial charge in [0.15, 0.2) is 0 Å². The fraction of sp³-hybridized carbons (Fsp3) is 0.250. The van der Waals surface area contributed by atoms with Crippen LogP contribution in [0.25, 0.3) is 0 Å². The lowest BCUT2D eigenvalue weighted by Gasteiger charge is -2.12. The molecule has 2 aromatic carbocycles. The minimum Gasteiger partial charge on any atom is -0.489 e. The Labute approximate surface area is 122 Å². The standard InChI is InChI=1S/C16H15ClFNO/c17-13-6-4-10(8-14(13)18)9-20-16-3-1-2-11-12(16)5-7-15(11)19/h1-4,6,8,15H,5,7,9,19H2. The quantitative estimate of drug-likeness (QED) is 0.927. The summed E-state index contributed by atoms with van der Waals surface area (Å²) in [4.78, 5) is 0. The van der Waals surface area contributed by atoms with E-state index in [-0.39, 0.29) is 11.1 Å². The van der Waals surface area contributed by atoms with Crippen LogP contribution >= 0.6 is 11.6 Å². The van der Waals surface area contributed by atoms with Crippen molar-refractivity contribution in [1.29, 1.82) is 0 Å². The van der Waals surface area contributed by atoms with Crippen LogP contribution in [0.4, 0.5) is 4.39 Å². The Hall–Kier alpha value is -1.58. The van der Waals surface area contributed by atoms with Crippen LogP contribution in [0.3, 0.4) is 0 Å². The van der Waals surface area contributed by atoms with Crippen molar-refractivity contribution in [2.75, 3.05) is 0 Å². The van der Waals surface area contributed by atoms with Gasteiger partial charge >= 0.3 is 0 Å². The molecule has 2 N–H and O–H groups in total. The second-order valence-electron chi connectivity index (χ2n) is 5.01. The summed E-state index contributed by atoms with van der Waals surface area (Å²) in [6, 6.07) is 10.7. The molecule has 104 valence electrons. The van der Waals surface area contributed by atoms with Gasteiger partial charge < -0.3 is 10.5 Å². The number of nitrogens with two attached hydrogens (primary N) is 1. The summed E-state index contributed by atoms with van der Waals surface area (Å²) < 4.78 is 19.2. The molecule has 2 aromatic rings. The summed E-state index contributed by atoms with van der Waals surface area (Å²) in [6.07, 6.45) is 1.88. The first kappa shape index (κ1) is 13.4. The molecule has 0 heterocycles. The first-order valence-electron chi connectivity index (χ1n) is 6.59. The molecule has 0 saturated carbocycles. The monoisotopic (exact) mass is 291 g/mol. The lowest BCUT2D eigenvalue weighted by atomic mass is 10.1. The molecule has 0 fully saturated rings. The van der Waals surface area contributed by atoms with Crippen LogP contribution in [-0.4, -0.2) is 0 Å². The van der Waals surface area contributed by atoms with Crippen LogP contribution in [-0.2, 0) is 13.0 Å². The summed E-state index contributed by atoms with van der Waals surface area (Å²) in [6.45, 7) is 0.319. The van der Waals surface area contributed by atoms with Gasteiger partial charge in [-0.2, -0.15) is 0 Å². The first-order valence-corrected chi connectivity index (χ1v) is 6.97. The average Bonchev–Trinajstić information content (AvgIpc) is 2.83. The van der Waals surface area contributed by atoms with E-state index in [0.717, 1.165) is 29.7 Å². The Morgan fingerprint density at radius 3 is 2.95 bits per heavy atom. The molecular weight excluding hydrogens is 277 g/mol. The number of fused-ring (bicyclic) bond motifs is 1. The van der Waals surface area contributed by atoms with Gasteiger partial charge in [-0.3, -0.25) is 0 Å². The molecule has 20 heavy (non-hydrogen) atoms. The highest BCUT2D eigenvalue weighted by molar-refractivity contribution is 6.30. The topological polar surface area (TPSA) is 35.2 Å². The third-order valence-corrected chi connectivity index (χ3v) is 3.96. The Morgan fingerprint density at radius 2 is 2.15 bits per heavy atom. The number of halogens is 2. The molecule has 0 spiro atoms. The summed E-state index contributed by atoms with van der Waals surface area (Å²) >= 11 is 5.66. The van der Waals surface area contributed by atoms with Crippen LogP contribution in [0, 0.1) is 5.82 Å². The van der Waals surface area contributed by atoms with Crippen molar-refractivity contribution in [3.05, 3.63) is 63.9 Å². The van der Waals surface area contributed by atoms with Gasteiger partial charge in [0, 0.05) is 6.04 Å². The second kappa shape index (κ2) is 5.43. The van der Waals surface area contributed by atoms with E-state index in [2.05, 4.69) is 0 Å². The van der Waals surface area contributed by atoms with Gasteiger partial charge in [-0.25, -0.2) is 4.39 Å². The van der Waals surface area contributed by atoms with Gasteiger partial charge in [-0.15, -0.1) is 0 Å². The fourth-order valence-corrected chi connectivity index (χ4v) is 2.70. The molecule has 0 aliphatic heterocycles. The van der Waals surface area contributed by atoms with Crippen molar-refractivity contribution < 1.29 is 9.13 Å². The van der Waals surface area contributed by atoms with Crippen LogP contribution in [0.15, 0.2) is 36.4 Å². The number of ether oxygens (including phenoxy) is 1. The Bertz CT molecular complexity index is 644. The Kier molecular flexibility index (Phi) is 3.64. The van der Waals surface area contributed by atoms with Crippen molar-refractivity contribution >= 4 is 11.6 Å². The lowest BCUT2D eigenvalue weighted by molar-refractivity contribution is 0.302. The minimum atomic E-state index is -0.423. The van der Waals surface area contributed by atoms with Crippen LogP contribution in [0.2, 0.25) is 5.02 Å². The third-order valence-electron chi connectivity index (χ3n) is 3.65. The molecule has 0 bridgehead atoms. The SMILES string of the molecule is NC1CCc2c(OCc3ccc(Cl)c(F)c3)cccc21. The smallest absolute Gasteiger partial charge is 0.142 e. The van der Waals surface area contributed by atoms with Crippen molar-refractivity contribution in [2.24, 2.45) is 5.73 Å². The summed E-state index contributed by atoms with van der Waals surface area (Å²) in [5.74, 6) is 0.416. The highest BCUT2D eigenvalue weighted by atomic mass is 35.5. The van der Waals surface area contributed by atoms with Gasteiger partial charge in [-0.05, 0) is 47.7 Å². The van der Waals surface area contributed by atoms with Gasteiger partial charge in [-0.1, -0.05) is 29.8 Å². The predicted molar refractivity (Wildman–Crippen MR) is 77.4 cm³/mol.